The summed E-state index contributed by atoms with van der Waals surface area (Å²) in [7, 11) is -3.47. The first-order valence-corrected chi connectivity index (χ1v) is 7.32. The molecule has 1 heterocycles. The zero-order valence-corrected chi connectivity index (χ0v) is 11.2. The zero-order valence-electron chi connectivity index (χ0n) is 10.4. The van der Waals surface area contributed by atoms with Crippen molar-refractivity contribution in [2.24, 2.45) is 0 Å². The number of nitriles is 1. The number of aryl methyl sites for hydroxylation is 1. The van der Waals surface area contributed by atoms with Crippen LogP contribution in [0, 0.1) is 18.3 Å². The van der Waals surface area contributed by atoms with Crippen molar-refractivity contribution in [3.63, 3.8) is 0 Å². The third-order valence-electron chi connectivity index (χ3n) is 2.77. The van der Waals surface area contributed by atoms with Crippen LogP contribution in [0.5, 0.6) is 0 Å². The van der Waals surface area contributed by atoms with Crippen LogP contribution in [0.25, 0.3) is 0 Å². The van der Waals surface area contributed by atoms with Crippen LogP contribution in [0.2, 0.25) is 0 Å². The normalized spacial score (nSPS) is 10.9. The van der Waals surface area contributed by atoms with Crippen LogP contribution in [0.15, 0.2) is 47.5 Å². The lowest BCUT2D eigenvalue weighted by Crippen LogP contribution is -2.08. The topological polar surface area (TPSA) is 70.8 Å². The lowest BCUT2D eigenvalue weighted by Gasteiger charge is -2.08. The van der Waals surface area contributed by atoms with Gasteiger partial charge in [-0.15, -0.1) is 0 Å². The maximum Gasteiger partial charge on any atom is 0.182 e. The van der Waals surface area contributed by atoms with Crippen molar-refractivity contribution in [3.8, 4) is 6.07 Å². The van der Waals surface area contributed by atoms with Gasteiger partial charge in [-0.3, -0.25) is 0 Å². The van der Waals surface area contributed by atoms with Crippen LogP contribution in [0.1, 0.15) is 16.8 Å². The molecule has 0 atom stereocenters. The van der Waals surface area contributed by atoms with Crippen molar-refractivity contribution < 1.29 is 8.42 Å². The van der Waals surface area contributed by atoms with Gasteiger partial charge in [-0.1, -0.05) is 24.3 Å². The molecular formula is C14H12N2O2S. The number of sulfone groups is 1. The van der Waals surface area contributed by atoms with Gasteiger partial charge in [0.15, 0.2) is 9.84 Å². The SMILES string of the molecule is Cc1ccccc1S(=O)(=O)Cc1cccnc1C#N. The Hall–Kier alpha value is -2.19. The van der Waals surface area contributed by atoms with Crippen LogP contribution in [0.4, 0.5) is 0 Å². The van der Waals surface area contributed by atoms with Gasteiger partial charge in [0.25, 0.3) is 0 Å². The molecule has 0 unspecified atom stereocenters. The molecule has 0 aliphatic carbocycles. The van der Waals surface area contributed by atoms with E-state index in [2.05, 4.69) is 4.98 Å². The van der Waals surface area contributed by atoms with Gasteiger partial charge in [0.2, 0.25) is 0 Å². The Morgan fingerprint density at radius 1 is 1.21 bits per heavy atom. The van der Waals surface area contributed by atoms with E-state index in [9.17, 15) is 8.42 Å². The summed E-state index contributed by atoms with van der Waals surface area (Å²) >= 11 is 0. The van der Waals surface area contributed by atoms with Gasteiger partial charge < -0.3 is 0 Å². The molecule has 0 N–H and O–H groups in total. The third kappa shape index (κ3) is 2.80. The molecule has 1 aromatic carbocycles. The van der Waals surface area contributed by atoms with Crippen molar-refractivity contribution in [2.75, 3.05) is 0 Å². The zero-order chi connectivity index (χ0) is 13.9. The summed E-state index contributed by atoms with van der Waals surface area (Å²) < 4.78 is 24.7. The van der Waals surface area contributed by atoms with Gasteiger partial charge in [0.05, 0.1) is 10.6 Å². The average molecular weight is 272 g/mol. The molecule has 0 aliphatic heterocycles. The fourth-order valence-corrected chi connectivity index (χ4v) is 3.49. The molecule has 1 aromatic heterocycles. The van der Waals surface area contributed by atoms with E-state index < -0.39 is 9.84 Å². The Morgan fingerprint density at radius 3 is 2.63 bits per heavy atom. The lowest BCUT2D eigenvalue weighted by atomic mass is 10.2. The Labute approximate surface area is 112 Å². The van der Waals surface area contributed by atoms with E-state index >= 15 is 0 Å². The highest BCUT2D eigenvalue weighted by Crippen LogP contribution is 2.20. The van der Waals surface area contributed by atoms with Gasteiger partial charge >= 0.3 is 0 Å². The van der Waals surface area contributed by atoms with Crippen LogP contribution in [0.3, 0.4) is 0 Å². The molecule has 96 valence electrons. The molecule has 0 aliphatic rings. The predicted molar refractivity (Wildman–Crippen MR) is 71.0 cm³/mol. The van der Waals surface area contributed by atoms with Crippen LogP contribution >= 0.6 is 0 Å². The van der Waals surface area contributed by atoms with Crippen molar-refractivity contribution in [1.29, 1.82) is 5.26 Å². The third-order valence-corrected chi connectivity index (χ3v) is 4.59. The number of pyridine rings is 1. The minimum Gasteiger partial charge on any atom is -0.245 e. The standard InChI is InChI=1S/C14H12N2O2S/c1-11-5-2-3-7-14(11)19(17,18)10-12-6-4-8-16-13(12)9-15/h2-8H,10H2,1H3. The van der Waals surface area contributed by atoms with E-state index in [1.54, 1.807) is 43.3 Å². The second kappa shape index (κ2) is 5.21. The van der Waals surface area contributed by atoms with Crippen LogP contribution in [-0.4, -0.2) is 13.4 Å². The van der Waals surface area contributed by atoms with Crippen molar-refractivity contribution >= 4 is 9.84 Å². The highest BCUT2D eigenvalue weighted by molar-refractivity contribution is 7.90. The van der Waals surface area contributed by atoms with Crippen LogP contribution in [-0.2, 0) is 15.6 Å². The summed E-state index contributed by atoms with van der Waals surface area (Å²) in [6.45, 7) is 1.75. The molecule has 2 rings (SSSR count). The van der Waals surface area contributed by atoms with Crippen molar-refractivity contribution in [2.45, 2.75) is 17.6 Å². The number of hydrogen-bond acceptors (Lipinski definition) is 4. The molecule has 0 radical (unpaired) electrons. The lowest BCUT2D eigenvalue weighted by molar-refractivity contribution is 0.594. The molecule has 19 heavy (non-hydrogen) atoms. The van der Waals surface area contributed by atoms with Crippen molar-refractivity contribution in [1.82, 2.24) is 4.98 Å². The first kappa shape index (κ1) is 13.2. The van der Waals surface area contributed by atoms with Gasteiger partial charge in [-0.05, 0) is 24.6 Å². The molecule has 2 aromatic rings. The van der Waals surface area contributed by atoms with E-state index in [4.69, 9.17) is 5.26 Å². The second-order valence-corrected chi connectivity index (χ2v) is 6.11. The van der Waals surface area contributed by atoms with Gasteiger partial charge in [-0.2, -0.15) is 5.26 Å². The Kier molecular flexibility index (Phi) is 3.63. The molecule has 5 heteroatoms. The maximum atomic E-state index is 12.4. The molecule has 0 spiro atoms. The summed E-state index contributed by atoms with van der Waals surface area (Å²) in [5.41, 5.74) is 1.28. The second-order valence-electron chi connectivity index (χ2n) is 4.15. The summed E-state index contributed by atoms with van der Waals surface area (Å²) in [5.74, 6) is -0.214. The summed E-state index contributed by atoms with van der Waals surface area (Å²) in [6.07, 6.45) is 1.47. The number of rotatable bonds is 3. The minimum atomic E-state index is -3.47. The Bertz CT molecular complexity index is 746. The molecule has 4 nitrogen and oxygen atoms in total. The fourth-order valence-electron chi connectivity index (χ4n) is 1.84. The first-order valence-electron chi connectivity index (χ1n) is 5.67. The maximum absolute atomic E-state index is 12.4. The Balaban J connectivity index is 2.44. The highest BCUT2D eigenvalue weighted by Gasteiger charge is 2.19. The predicted octanol–water partition coefficient (Wildman–Crippen LogP) is 2.24. The summed E-state index contributed by atoms with van der Waals surface area (Å²) in [5, 5.41) is 8.93. The summed E-state index contributed by atoms with van der Waals surface area (Å²) in [6, 6.07) is 12.0. The average Bonchev–Trinajstić information content (AvgIpc) is 2.39. The molecule has 0 saturated carbocycles. The number of aromatic nitrogens is 1. The number of nitrogens with zero attached hydrogens (tertiary/aromatic N) is 2. The molecule has 0 bridgehead atoms. The highest BCUT2D eigenvalue weighted by atomic mass is 32.2. The van der Waals surface area contributed by atoms with E-state index in [1.807, 2.05) is 6.07 Å². The van der Waals surface area contributed by atoms with Gasteiger partial charge in [0.1, 0.15) is 11.8 Å². The monoisotopic (exact) mass is 272 g/mol. The van der Waals surface area contributed by atoms with E-state index in [-0.39, 0.29) is 11.4 Å². The number of hydrogen-bond donors (Lipinski definition) is 0. The fraction of sp³-hybridized carbons (Fsp3) is 0.143. The molecular weight excluding hydrogens is 260 g/mol. The smallest absolute Gasteiger partial charge is 0.182 e. The minimum absolute atomic E-state index is 0.152. The van der Waals surface area contributed by atoms with E-state index in [0.29, 0.717) is 16.0 Å². The van der Waals surface area contributed by atoms with Crippen LogP contribution < -0.4 is 0 Å². The van der Waals surface area contributed by atoms with Crippen molar-refractivity contribution in [3.05, 3.63) is 59.4 Å². The van der Waals surface area contributed by atoms with Gasteiger partial charge in [-0.25, -0.2) is 13.4 Å². The number of benzene rings is 1. The Morgan fingerprint density at radius 2 is 1.95 bits per heavy atom. The van der Waals surface area contributed by atoms with Gasteiger partial charge in [0, 0.05) is 11.8 Å². The van der Waals surface area contributed by atoms with E-state index in [0.717, 1.165) is 0 Å². The largest absolute Gasteiger partial charge is 0.245 e. The molecule has 0 saturated heterocycles. The molecule has 0 amide bonds. The molecule has 0 fully saturated rings. The first-order chi connectivity index (χ1) is 9.04. The summed E-state index contributed by atoms with van der Waals surface area (Å²) in [4.78, 5) is 4.17. The van der Waals surface area contributed by atoms with E-state index in [1.165, 1.54) is 6.20 Å². The quantitative estimate of drug-likeness (QED) is 0.859.